The third-order valence-electron chi connectivity index (χ3n) is 8.60. The maximum atomic E-state index is 15.3. The third kappa shape index (κ3) is 6.52. The van der Waals surface area contributed by atoms with Gasteiger partial charge in [-0.15, -0.1) is 11.3 Å². The predicted octanol–water partition coefficient (Wildman–Crippen LogP) is 5.37. The Balaban J connectivity index is 1.23. The number of Topliss-reactive ketones (excluding diaryl/α,β-unsaturated/α-hetero) is 1. The fourth-order valence-electron chi connectivity index (χ4n) is 6.43. The molecule has 0 unspecified atom stereocenters. The molecule has 1 aromatic carbocycles. The minimum atomic E-state index is -0.716. The summed E-state index contributed by atoms with van der Waals surface area (Å²) in [6, 6.07) is 8.26. The second-order valence-corrected chi connectivity index (χ2v) is 13.8. The van der Waals surface area contributed by atoms with Crippen LogP contribution in [0.25, 0.3) is 11.1 Å². The van der Waals surface area contributed by atoms with Gasteiger partial charge in [-0.05, 0) is 93.6 Å². The number of piperazine rings is 1. The number of ether oxygens (including phenoxy) is 1. The van der Waals surface area contributed by atoms with Gasteiger partial charge in [-0.3, -0.25) is 14.5 Å². The number of hydrogen-bond donors (Lipinski definition) is 0. The minimum absolute atomic E-state index is 0.00121. The first kappa shape index (κ1) is 30.2. The van der Waals surface area contributed by atoms with Crippen molar-refractivity contribution in [1.29, 1.82) is 5.26 Å². The van der Waals surface area contributed by atoms with Crippen LogP contribution in [0.4, 0.5) is 9.18 Å². The largest absolute Gasteiger partial charge is 0.444 e. The highest BCUT2D eigenvalue weighted by Crippen LogP contribution is 2.44. The van der Waals surface area contributed by atoms with E-state index in [0.29, 0.717) is 29.1 Å². The number of benzene rings is 1. The molecule has 0 radical (unpaired) electrons. The lowest BCUT2D eigenvalue weighted by molar-refractivity contribution is -0.126. The molecule has 8 nitrogen and oxygen atoms in total. The van der Waals surface area contributed by atoms with Crippen LogP contribution in [-0.2, 0) is 16.0 Å². The van der Waals surface area contributed by atoms with Crippen molar-refractivity contribution in [3.8, 4) is 17.2 Å². The Labute approximate surface area is 251 Å². The lowest BCUT2D eigenvalue weighted by Gasteiger charge is -2.35. The van der Waals surface area contributed by atoms with E-state index < -0.39 is 29.5 Å². The van der Waals surface area contributed by atoms with Crippen LogP contribution in [0.1, 0.15) is 61.7 Å². The van der Waals surface area contributed by atoms with Crippen LogP contribution in [0.5, 0.6) is 0 Å². The molecule has 224 valence electrons. The SMILES string of the molecule is CN1CCN(C(=O)c2cc(-c3ccc(C[C@@H](C#N)CC(=O)[C@@H]4[C@H]5CC[C@H](C5)N4C(=O)OC(C)(C)C)c(F)c3)cs2)CC1. The summed E-state index contributed by atoms with van der Waals surface area (Å²) in [6.07, 6.45) is 2.06. The second-order valence-electron chi connectivity index (χ2n) is 12.9. The van der Waals surface area contributed by atoms with Gasteiger partial charge in [0.05, 0.1) is 22.9 Å². The van der Waals surface area contributed by atoms with E-state index in [2.05, 4.69) is 11.0 Å². The van der Waals surface area contributed by atoms with Gasteiger partial charge in [0, 0.05) is 38.6 Å². The van der Waals surface area contributed by atoms with E-state index in [4.69, 9.17) is 4.74 Å². The molecule has 5 rings (SSSR count). The van der Waals surface area contributed by atoms with Gasteiger partial charge in [-0.25, -0.2) is 9.18 Å². The molecule has 2 amide bonds. The fraction of sp³-hybridized carbons (Fsp3) is 0.562. The quantitative estimate of drug-likeness (QED) is 0.428. The fourth-order valence-corrected chi connectivity index (χ4v) is 7.31. The molecular formula is C32H39FN4O4S. The Kier molecular flexibility index (Phi) is 8.72. The molecule has 2 saturated heterocycles. The van der Waals surface area contributed by atoms with Crippen LogP contribution >= 0.6 is 11.3 Å². The van der Waals surface area contributed by atoms with Crippen molar-refractivity contribution in [3.63, 3.8) is 0 Å². The average molecular weight is 595 g/mol. The summed E-state index contributed by atoms with van der Waals surface area (Å²) in [5, 5.41) is 11.7. The van der Waals surface area contributed by atoms with Crippen LogP contribution < -0.4 is 0 Å². The molecule has 0 N–H and O–H groups in total. The topological polar surface area (TPSA) is 94.0 Å². The molecule has 3 aliphatic rings. The van der Waals surface area contributed by atoms with Crippen molar-refractivity contribution in [2.24, 2.45) is 11.8 Å². The lowest BCUT2D eigenvalue weighted by Crippen LogP contribution is -2.51. The van der Waals surface area contributed by atoms with Crippen molar-refractivity contribution < 1.29 is 23.5 Å². The molecule has 2 aliphatic heterocycles. The molecule has 3 heterocycles. The number of likely N-dealkylation sites (N-methyl/N-ethyl adjacent to an activating group) is 1. The number of amides is 2. The lowest BCUT2D eigenvalue weighted by atomic mass is 9.87. The van der Waals surface area contributed by atoms with Crippen LogP contribution in [-0.4, -0.2) is 83.4 Å². The minimum Gasteiger partial charge on any atom is -0.444 e. The van der Waals surface area contributed by atoms with Crippen LogP contribution in [0, 0.1) is 29.0 Å². The molecule has 1 aliphatic carbocycles. The number of carbonyl (C=O) groups excluding carboxylic acids is 3. The Morgan fingerprint density at radius 2 is 1.86 bits per heavy atom. The molecule has 1 aromatic heterocycles. The molecule has 2 bridgehead atoms. The molecule has 2 aromatic rings. The van der Waals surface area contributed by atoms with Gasteiger partial charge in [0.2, 0.25) is 0 Å². The molecule has 42 heavy (non-hydrogen) atoms. The molecule has 3 fully saturated rings. The van der Waals surface area contributed by atoms with Crippen molar-refractivity contribution >= 4 is 29.1 Å². The van der Waals surface area contributed by atoms with Gasteiger partial charge < -0.3 is 14.5 Å². The number of carbonyl (C=O) groups is 3. The highest BCUT2D eigenvalue weighted by molar-refractivity contribution is 7.12. The average Bonchev–Trinajstić information content (AvgIpc) is 3.69. The van der Waals surface area contributed by atoms with E-state index in [0.717, 1.165) is 37.9 Å². The van der Waals surface area contributed by atoms with E-state index in [1.54, 1.807) is 37.8 Å². The monoisotopic (exact) mass is 594 g/mol. The van der Waals surface area contributed by atoms with E-state index in [-0.39, 0.29) is 36.5 Å². The zero-order valence-electron chi connectivity index (χ0n) is 24.8. The first-order valence-corrected chi connectivity index (χ1v) is 15.6. The Bertz CT molecular complexity index is 1390. The van der Waals surface area contributed by atoms with Crippen LogP contribution in [0.2, 0.25) is 0 Å². The summed E-state index contributed by atoms with van der Waals surface area (Å²) in [5.74, 6) is -1.25. The van der Waals surface area contributed by atoms with Crippen molar-refractivity contribution in [2.45, 2.75) is 70.6 Å². The highest BCUT2D eigenvalue weighted by Gasteiger charge is 2.52. The zero-order valence-corrected chi connectivity index (χ0v) is 25.6. The van der Waals surface area contributed by atoms with Crippen molar-refractivity contribution in [3.05, 3.63) is 45.9 Å². The van der Waals surface area contributed by atoms with Gasteiger partial charge in [0.1, 0.15) is 11.4 Å². The normalized spacial score (nSPS) is 23.1. The number of ketones is 1. The summed E-state index contributed by atoms with van der Waals surface area (Å²) in [6.45, 7) is 8.46. The molecule has 10 heteroatoms. The number of thiophene rings is 1. The van der Waals surface area contributed by atoms with E-state index in [1.807, 2.05) is 23.4 Å². The van der Waals surface area contributed by atoms with Gasteiger partial charge in [-0.1, -0.05) is 12.1 Å². The summed E-state index contributed by atoms with van der Waals surface area (Å²) in [7, 11) is 2.04. The Morgan fingerprint density at radius 3 is 2.52 bits per heavy atom. The van der Waals surface area contributed by atoms with E-state index in [1.165, 1.54) is 17.4 Å². The summed E-state index contributed by atoms with van der Waals surface area (Å²) in [5.41, 5.74) is 1.12. The van der Waals surface area contributed by atoms with E-state index in [9.17, 15) is 19.6 Å². The summed E-state index contributed by atoms with van der Waals surface area (Å²) >= 11 is 1.36. The van der Waals surface area contributed by atoms with Gasteiger partial charge in [0.25, 0.3) is 5.91 Å². The number of rotatable bonds is 7. The number of nitrogens with zero attached hydrogens (tertiary/aromatic N) is 4. The van der Waals surface area contributed by atoms with Crippen LogP contribution in [0.15, 0.2) is 29.6 Å². The first-order valence-electron chi connectivity index (χ1n) is 14.7. The molecule has 4 atom stereocenters. The number of likely N-dealkylation sites (tertiary alicyclic amines) is 1. The first-order chi connectivity index (χ1) is 19.9. The molecular weight excluding hydrogens is 555 g/mol. The highest BCUT2D eigenvalue weighted by atomic mass is 32.1. The number of piperidine rings is 1. The number of halogens is 1. The van der Waals surface area contributed by atoms with Gasteiger partial charge in [-0.2, -0.15) is 5.26 Å². The number of hydrogen-bond acceptors (Lipinski definition) is 7. The van der Waals surface area contributed by atoms with Crippen LogP contribution in [0.3, 0.4) is 0 Å². The maximum absolute atomic E-state index is 15.3. The van der Waals surface area contributed by atoms with Gasteiger partial charge >= 0.3 is 6.09 Å². The second kappa shape index (κ2) is 12.1. The summed E-state index contributed by atoms with van der Waals surface area (Å²) in [4.78, 5) is 45.6. The zero-order chi connectivity index (χ0) is 30.2. The standard InChI is InChI=1S/C32H39FN4O4S/c1-32(2,3)41-31(40)37-25-8-7-23(15-25)29(37)27(38)14-20(18-34)13-22-6-5-21(16-26(22)33)24-17-28(42-19-24)30(39)36-11-9-35(4)10-12-36/h5-6,16-17,19-20,23,25,29H,7-15H2,1-4H3/t20-,23+,25-,29+/m1/s1. The van der Waals surface area contributed by atoms with E-state index >= 15 is 4.39 Å². The summed E-state index contributed by atoms with van der Waals surface area (Å²) < 4.78 is 20.9. The smallest absolute Gasteiger partial charge is 0.411 e. The predicted molar refractivity (Wildman–Crippen MR) is 159 cm³/mol. The van der Waals surface area contributed by atoms with Crippen molar-refractivity contribution in [2.75, 3.05) is 33.2 Å². The number of nitriles is 1. The van der Waals surface area contributed by atoms with Crippen molar-refractivity contribution in [1.82, 2.24) is 14.7 Å². The Hall–Kier alpha value is -3.29. The third-order valence-corrected chi connectivity index (χ3v) is 9.52. The Morgan fingerprint density at radius 1 is 1.12 bits per heavy atom. The molecule has 1 saturated carbocycles. The molecule has 0 spiro atoms. The van der Waals surface area contributed by atoms with Gasteiger partial charge in [0.15, 0.2) is 5.78 Å². The number of fused-ring (bicyclic) bond motifs is 2. The maximum Gasteiger partial charge on any atom is 0.411 e.